The minimum atomic E-state index is -3.51. The first-order valence-electron chi connectivity index (χ1n) is 11.0. The van der Waals surface area contributed by atoms with E-state index in [0.717, 1.165) is 18.4 Å². The molecule has 0 saturated carbocycles. The molecule has 0 bridgehead atoms. The molecule has 0 aromatic heterocycles. The molecule has 1 unspecified atom stereocenters. The molecule has 6 heteroatoms. The maximum Gasteiger partial charge on any atom is 0.243 e. The van der Waals surface area contributed by atoms with Gasteiger partial charge in [-0.05, 0) is 49.3 Å². The average Bonchev–Trinajstić information content (AvgIpc) is 2.67. The number of carbonyl (C=O) groups excluding carboxylic acids is 1. The van der Waals surface area contributed by atoms with Gasteiger partial charge in [-0.1, -0.05) is 59.1 Å². The predicted molar refractivity (Wildman–Crippen MR) is 118 cm³/mol. The largest absolute Gasteiger partial charge is 0.353 e. The van der Waals surface area contributed by atoms with E-state index in [-0.39, 0.29) is 23.3 Å². The number of carbonyl (C=O) groups is 1. The number of unbranched alkanes of at least 4 members (excludes halogenated alkanes) is 2. The zero-order chi connectivity index (χ0) is 21.7. The summed E-state index contributed by atoms with van der Waals surface area (Å²) in [6.07, 6.45) is 5.64. The molecule has 29 heavy (non-hydrogen) atoms. The van der Waals surface area contributed by atoms with Crippen LogP contribution in [0.2, 0.25) is 0 Å². The summed E-state index contributed by atoms with van der Waals surface area (Å²) < 4.78 is 27.5. The first-order chi connectivity index (χ1) is 13.6. The summed E-state index contributed by atoms with van der Waals surface area (Å²) >= 11 is 0. The molecule has 164 valence electrons. The molecular formula is C23H38N2O3S. The Labute approximate surface area is 177 Å². The number of hydrogen-bond acceptors (Lipinski definition) is 3. The van der Waals surface area contributed by atoms with Crippen molar-refractivity contribution >= 4 is 15.9 Å². The van der Waals surface area contributed by atoms with Crippen molar-refractivity contribution in [3.63, 3.8) is 0 Å². The minimum Gasteiger partial charge on any atom is -0.353 e. The Morgan fingerprint density at radius 3 is 2.24 bits per heavy atom. The minimum absolute atomic E-state index is 0.0122. The summed E-state index contributed by atoms with van der Waals surface area (Å²) in [6.45, 7) is 11.3. The van der Waals surface area contributed by atoms with Crippen LogP contribution >= 0.6 is 0 Å². The molecule has 1 aromatic rings. The van der Waals surface area contributed by atoms with Crippen molar-refractivity contribution in [1.82, 2.24) is 9.62 Å². The molecule has 0 spiro atoms. The molecule has 1 fully saturated rings. The van der Waals surface area contributed by atoms with Crippen molar-refractivity contribution in [2.45, 2.75) is 89.5 Å². The maximum atomic E-state index is 13.0. The fraction of sp³-hybridized carbons (Fsp3) is 0.696. The predicted octanol–water partition coefficient (Wildman–Crippen LogP) is 4.47. The van der Waals surface area contributed by atoms with Crippen molar-refractivity contribution in [1.29, 1.82) is 0 Å². The zero-order valence-electron chi connectivity index (χ0n) is 18.7. The van der Waals surface area contributed by atoms with E-state index in [1.54, 1.807) is 12.1 Å². The van der Waals surface area contributed by atoms with Crippen molar-refractivity contribution in [2.75, 3.05) is 13.1 Å². The highest BCUT2D eigenvalue weighted by Crippen LogP contribution is 2.27. The first kappa shape index (κ1) is 23.9. The Hall–Kier alpha value is -1.40. The van der Waals surface area contributed by atoms with Crippen molar-refractivity contribution < 1.29 is 13.2 Å². The molecule has 1 aliphatic heterocycles. The summed E-state index contributed by atoms with van der Waals surface area (Å²) in [5, 5.41) is 3.11. The van der Waals surface area contributed by atoms with Gasteiger partial charge in [0.15, 0.2) is 0 Å². The molecule has 0 aliphatic carbocycles. The van der Waals surface area contributed by atoms with Gasteiger partial charge in [0.05, 0.1) is 4.90 Å². The number of hydrogen-bond donors (Lipinski definition) is 1. The summed E-state index contributed by atoms with van der Waals surface area (Å²) in [5.74, 6) is -0.0288. The van der Waals surface area contributed by atoms with Gasteiger partial charge in [-0.3, -0.25) is 4.79 Å². The van der Waals surface area contributed by atoms with Crippen molar-refractivity contribution in [3.05, 3.63) is 29.8 Å². The topological polar surface area (TPSA) is 66.5 Å². The summed E-state index contributed by atoms with van der Waals surface area (Å²) in [4.78, 5) is 12.9. The lowest BCUT2D eigenvalue weighted by atomic mass is 9.87. The molecule has 1 amide bonds. The third kappa shape index (κ3) is 6.54. The van der Waals surface area contributed by atoms with E-state index in [9.17, 15) is 13.2 Å². The third-order valence-electron chi connectivity index (χ3n) is 5.81. The standard InChI is InChI=1S/C23H38N2O3S/c1-6-7-8-9-18(2)24-22(26)19-14-16-25(17-15-19)29(27,28)21-12-10-20(11-13-21)23(3,4)5/h10-13,18-19H,6-9,14-17H2,1-5H3,(H,24,26). The molecule has 1 saturated heterocycles. The molecule has 2 rings (SSSR count). The van der Waals surface area contributed by atoms with Crippen molar-refractivity contribution in [3.8, 4) is 0 Å². The van der Waals surface area contributed by atoms with Crippen LogP contribution in [0.4, 0.5) is 0 Å². The fourth-order valence-electron chi connectivity index (χ4n) is 3.77. The van der Waals surface area contributed by atoms with Crippen LogP contribution in [-0.2, 0) is 20.2 Å². The van der Waals surface area contributed by atoms with Crippen LogP contribution in [0.25, 0.3) is 0 Å². The van der Waals surface area contributed by atoms with Crippen LogP contribution in [0, 0.1) is 5.92 Å². The van der Waals surface area contributed by atoms with Gasteiger partial charge in [0.25, 0.3) is 0 Å². The van der Waals surface area contributed by atoms with E-state index < -0.39 is 10.0 Å². The highest BCUT2D eigenvalue weighted by Gasteiger charge is 2.32. The van der Waals surface area contributed by atoms with E-state index >= 15 is 0 Å². The SMILES string of the molecule is CCCCCC(C)NC(=O)C1CCN(S(=O)(=O)c2ccc(C(C)(C)C)cc2)CC1. The van der Waals surface area contributed by atoms with Gasteiger partial charge in [0, 0.05) is 25.0 Å². The van der Waals surface area contributed by atoms with Gasteiger partial charge in [-0.25, -0.2) is 8.42 Å². The van der Waals surface area contributed by atoms with Crippen LogP contribution in [0.1, 0.15) is 78.7 Å². The normalized spacial score (nSPS) is 17.8. The van der Waals surface area contributed by atoms with Gasteiger partial charge < -0.3 is 5.32 Å². The molecule has 0 radical (unpaired) electrons. The van der Waals surface area contributed by atoms with E-state index in [1.807, 2.05) is 19.1 Å². The molecule has 5 nitrogen and oxygen atoms in total. The third-order valence-corrected chi connectivity index (χ3v) is 7.73. The molecule has 1 aliphatic rings. The summed E-state index contributed by atoms with van der Waals surface area (Å²) in [5.41, 5.74) is 1.10. The molecule has 1 atom stereocenters. The lowest BCUT2D eigenvalue weighted by Gasteiger charge is -2.31. The second-order valence-electron chi connectivity index (χ2n) is 9.36. The maximum absolute atomic E-state index is 13.0. The van der Waals surface area contributed by atoms with Crippen LogP contribution < -0.4 is 5.32 Å². The fourth-order valence-corrected chi connectivity index (χ4v) is 5.24. The monoisotopic (exact) mass is 422 g/mol. The van der Waals surface area contributed by atoms with Crippen LogP contribution in [0.5, 0.6) is 0 Å². The number of nitrogens with zero attached hydrogens (tertiary/aromatic N) is 1. The smallest absolute Gasteiger partial charge is 0.243 e. The first-order valence-corrected chi connectivity index (χ1v) is 12.4. The number of piperidine rings is 1. The second kappa shape index (κ2) is 10.1. The van der Waals surface area contributed by atoms with Gasteiger partial charge in [0.1, 0.15) is 0 Å². The van der Waals surface area contributed by atoms with Gasteiger partial charge >= 0.3 is 0 Å². The number of benzene rings is 1. The zero-order valence-corrected chi connectivity index (χ0v) is 19.5. The Kier molecular flexibility index (Phi) is 8.29. The van der Waals surface area contributed by atoms with Crippen LogP contribution in [0.3, 0.4) is 0 Å². The van der Waals surface area contributed by atoms with Gasteiger partial charge in [-0.2, -0.15) is 4.31 Å². The van der Waals surface area contributed by atoms with E-state index in [2.05, 4.69) is 33.0 Å². The number of nitrogens with one attached hydrogen (secondary N) is 1. The Morgan fingerprint density at radius 2 is 1.72 bits per heavy atom. The Morgan fingerprint density at radius 1 is 1.14 bits per heavy atom. The lowest BCUT2D eigenvalue weighted by Crippen LogP contribution is -2.44. The van der Waals surface area contributed by atoms with Gasteiger partial charge in [-0.15, -0.1) is 0 Å². The lowest BCUT2D eigenvalue weighted by molar-refractivity contribution is -0.126. The number of amides is 1. The van der Waals surface area contributed by atoms with Gasteiger partial charge in [0.2, 0.25) is 15.9 Å². The Balaban J connectivity index is 1.91. The number of rotatable bonds is 8. The van der Waals surface area contributed by atoms with E-state index in [0.29, 0.717) is 30.8 Å². The highest BCUT2D eigenvalue weighted by molar-refractivity contribution is 7.89. The second-order valence-corrected chi connectivity index (χ2v) is 11.3. The quantitative estimate of drug-likeness (QED) is 0.629. The highest BCUT2D eigenvalue weighted by atomic mass is 32.2. The van der Waals surface area contributed by atoms with Crippen molar-refractivity contribution in [2.24, 2.45) is 5.92 Å². The number of sulfonamides is 1. The molecular weight excluding hydrogens is 384 g/mol. The van der Waals surface area contributed by atoms with E-state index in [4.69, 9.17) is 0 Å². The molecule has 1 heterocycles. The summed E-state index contributed by atoms with van der Waals surface area (Å²) in [6, 6.07) is 7.37. The molecule has 1 aromatic carbocycles. The van der Waals surface area contributed by atoms with Crippen LogP contribution in [-0.4, -0.2) is 37.8 Å². The van der Waals surface area contributed by atoms with E-state index in [1.165, 1.54) is 17.1 Å². The average molecular weight is 423 g/mol. The summed E-state index contributed by atoms with van der Waals surface area (Å²) in [7, 11) is -3.51. The van der Waals surface area contributed by atoms with Crippen LogP contribution in [0.15, 0.2) is 29.2 Å². The molecule has 1 N–H and O–H groups in total. The Bertz CT molecular complexity index is 758.